The Morgan fingerprint density at radius 1 is 0.977 bits per heavy atom. The summed E-state index contributed by atoms with van der Waals surface area (Å²) in [5.41, 5.74) is 2.67. The maximum atomic E-state index is 13.9. The van der Waals surface area contributed by atoms with E-state index >= 15 is 0 Å². The van der Waals surface area contributed by atoms with E-state index < -0.39 is 18.6 Å². The van der Waals surface area contributed by atoms with Crippen molar-refractivity contribution in [3.63, 3.8) is 0 Å². The third kappa shape index (κ3) is 6.17. The van der Waals surface area contributed by atoms with Crippen LogP contribution < -0.4 is 5.46 Å². The molecule has 0 spiro atoms. The van der Waals surface area contributed by atoms with Crippen molar-refractivity contribution in [2.45, 2.75) is 71.3 Å². The number of benzene rings is 1. The zero-order valence-corrected chi connectivity index (χ0v) is 25.4. The second-order valence-electron chi connectivity index (χ2n) is 13.5. The number of rotatable bonds is 5. The van der Waals surface area contributed by atoms with Gasteiger partial charge in [0.1, 0.15) is 5.69 Å². The van der Waals surface area contributed by atoms with E-state index in [1.54, 1.807) is 39.9 Å². The Balaban J connectivity index is 1.37. The minimum Gasteiger partial charge on any atom is -0.481 e. The van der Waals surface area contributed by atoms with Gasteiger partial charge in [0, 0.05) is 36.7 Å². The van der Waals surface area contributed by atoms with Gasteiger partial charge in [0.25, 0.3) is 5.91 Å². The SMILES string of the molecule is CC(C)(C)c1cc(-c2ccc(B(O)O)cc2)nn2cc(C(=O)N3CCN(C(=O)C4CCC(C(=O)O)CC4)CC3(C)C)nc12. The Kier molecular flexibility index (Phi) is 8.12. The highest BCUT2D eigenvalue weighted by molar-refractivity contribution is 6.58. The second kappa shape index (κ2) is 11.4. The molecule has 2 fully saturated rings. The van der Waals surface area contributed by atoms with E-state index in [0.29, 0.717) is 62.1 Å². The van der Waals surface area contributed by atoms with Gasteiger partial charge in [-0.1, -0.05) is 45.0 Å². The summed E-state index contributed by atoms with van der Waals surface area (Å²) >= 11 is 0. The molecule has 2 amide bonds. The van der Waals surface area contributed by atoms with Gasteiger partial charge in [-0.05, 0) is 56.5 Å². The number of carbonyl (C=O) groups is 3. The molecule has 1 aliphatic carbocycles. The molecule has 1 saturated carbocycles. The summed E-state index contributed by atoms with van der Waals surface area (Å²) in [6, 6.07) is 8.79. The Morgan fingerprint density at radius 2 is 1.60 bits per heavy atom. The molecule has 1 aliphatic heterocycles. The van der Waals surface area contributed by atoms with Crippen molar-refractivity contribution < 1.29 is 29.5 Å². The number of aliphatic carboxylic acids is 1. The molecule has 0 bridgehead atoms. The molecule has 228 valence electrons. The standard InChI is InChI=1S/C31H40BN5O6/c1-30(2,3)23-16-24(19-10-12-22(13-11-19)32(42)43)34-37-17-25(33-26(23)37)28(39)36-15-14-35(18-31(36,4)5)27(38)20-6-8-21(9-7-20)29(40)41/h10-13,16-17,20-21,42-43H,6-9,14-15,18H2,1-5H3,(H,40,41). The summed E-state index contributed by atoms with van der Waals surface area (Å²) in [6.07, 6.45) is 3.84. The topological polar surface area (TPSA) is 149 Å². The first kappa shape index (κ1) is 30.7. The largest absolute Gasteiger partial charge is 0.488 e. The van der Waals surface area contributed by atoms with E-state index in [-0.39, 0.29) is 34.8 Å². The summed E-state index contributed by atoms with van der Waals surface area (Å²) in [5.74, 6) is -1.51. The molecule has 0 atom stereocenters. The molecular formula is C31H40BN5O6. The minimum absolute atomic E-state index is 0.0461. The van der Waals surface area contributed by atoms with Gasteiger partial charge in [0.2, 0.25) is 5.91 Å². The van der Waals surface area contributed by atoms with Crippen LogP contribution in [-0.4, -0.2) is 89.6 Å². The van der Waals surface area contributed by atoms with Crippen molar-refractivity contribution in [3.05, 3.63) is 47.8 Å². The van der Waals surface area contributed by atoms with Gasteiger partial charge in [0.15, 0.2) is 5.65 Å². The van der Waals surface area contributed by atoms with E-state index in [0.717, 1.165) is 11.1 Å². The van der Waals surface area contributed by atoms with Crippen molar-refractivity contribution in [1.29, 1.82) is 0 Å². The molecule has 3 N–H and O–H groups in total. The summed E-state index contributed by atoms with van der Waals surface area (Å²) in [5, 5.41) is 33.0. The predicted octanol–water partition coefficient (Wildman–Crippen LogP) is 2.33. The molecule has 2 aromatic heterocycles. The fourth-order valence-electron chi connectivity index (χ4n) is 6.30. The first-order chi connectivity index (χ1) is 20.2. The number of nitrogens with zero attached hydrogens (tertiary/aromatic N) is 5. The third-order valence-corrected chi connectivity index (χ3v) is 8.84. The maximum absolute atomic E-state index is 13.9. The lowest BCUT2D eigenvalue weighted by Crippen LogP contribution is -2.62. The molecule has 0 radical (unpaired) electrons. The summed E-state index contributed by atoms with van der Waals surface area (Å²) in [7, 11) is -1.56. The average molecular weight is 590 g/mol. The highest BCUT2D eigenvalue weighted by Gasteiger charge is 2.41. The number of imidazole rings is 1. The minimum atomic E-state index is -1.56. The Labute approximate surface area is 251 Å². The van der Waals surface area contributed by atoms with Crippen LogP contribution in [0.4, 0.5) is 0 Å². The quantitative estimate of drug-likeness (QED) is 0.384. The van der Waals surface area contributed by atoms with Gasteiger partial charge in [-0.3, -0.25) is 14.4 Å². The molecule has 1 aromatic carbocycles. The number of carboxylic acids is 1. The van der Waals surface area contributed by atoms with Gasteiger partial charge >= 0.3 is 13.1 Å². The highest BCUT2D eigenvalue weighted by atomic mass is 16.4. The first-order valence-corrected chi connectivity index (χ1v) is 14.9. The summed E-state index contributed by atoms with van der Waals surface area (Å²) in [6.45, 7) is 11.3. The predicted molar refractivity (Wildman–Crippen MR) is 162 cm³/mol. The van der Waals surface area contributed by atoms with Crippen LogP contribution in [0.2, 0.25) is 0 Å². The van der Waals surface area contributed by atoms with Crippen LogP contribution in [0.15, 0.2) is 36.5 Å². The fourth-order valence-corrected chi connectivity index (χ4v) is 6.30. The van der Waals surface area contributed by atoms with E-state index in [1.165, 1.54) is 0 Å². The molecule has 3 heterocycles. The van der Waals surface area contributed by atoms with Crippen LogP contribution >= 0.6 is 0 Å². The van der Waals surface area contributed by atoms with Crippen LogP contribution in [0.25, 0.3) is 16.9 Å². The van der Waals surface area contributed by atoms with E-state index in [9.17, 15) is 29.5 Å². The lowest BCUT2D eigenvalue weighted by molar-refractivity contribution is -0.147. The number of hydrogen-bond acceptors (Lipinski definition) is 7. The summed E-state index contributed by atoms with van der Waals surface area (Å²) in [4.78, 5) is 46.9. The van der Waals surface area contributed by atoms with E-state index in [1.807, 2.05) is 24.8 Å². The van der Waals surface area contributed by atoms with Crippen molar-refractivity contribution in [2.24, 2.45) is 11.8 Å². The molecular weight excluding hydrogens is 549 g/mol. The number of hydrogen-bond donors (Lipinski definition) is 3. The van der Waals surface area contributed by atoms with E-state index in [4.69, 9.17) is 10.1 Å². The molecule has 5 rings (SSSR count). The number of carboxylic acid groups (broad SMARTS) is 1. The van der Waals surface area contributed by atoms with Gasteiger partial charge in [-0.2, -0.15) is 5.10 Å². The van der Waals surface area contributed by atoms with Gasteiger partial charge in [-0.25, -0.2) is 9.50 Å². The molecule has 2 aliphatic rings. The number of aromatic nitrogens is 3. The molecule has 12 heteroatoms. The van der Waals surface area contributed by atoms with Gasteiger partial charge < -0.3 is 25.0 Å². The van der Waals surface area contributed by atoms with Crippen LogP contribution in [-0.2, 0) is 15.0 Å². The van der Waals surface area contributed by atoms with Crippen molar-refractivity contribution in [1.82, 2.24) is 24.4 Å². The van der Waals surface area contributed by atoms with Crippen molar-refractivity contribution in [3.8, 4) is 11.3 Å². The molecule has 0 unspecified atom stereocenters. The molecule has 43 heavy (non-hydrogen) atoms. The van der Waals surface area contributed by atoms with Crippen LogP contribution in [0.1, 0.15) is 76.4 Å². The molecule has 1 saturated heterocycles. The lowest BCUT2D eigenvalue weighted by atomic mass is 9.80. The van der Waals surface area contributed by atoms with Crippen molar-refractivity contribution in [2.75, 3.05) is 19.6 Å². The Hall–Kier alpha value is -3.77. The normalized spacial score (nSPS) is 20.7. The number of amides is 2. The monoisotopic (exact) mass is 589 g/mol. The Bertz CT molecular complexity index is 1540. The molecule has 3 aromatic rings. The molecule has 11 nitrogen and oxygen atoms in total. The van der Waals surface area contributed by atoms with Gasteiger partial charge in [-0.15, -0.1) is 0 Å². The van der Waals surface area contributed by atoms with Crippen LogP contribution in [0.3, 0.4) is 0 Å². The van der Waals surface area contributed by atoms with E-state index in [2.05, 4.69) is 20.8 Å². The highest BCUT2D eigenvalue weighted by Crippen LogP contribution is 2.33. The maximum Gasteiger partial charge on any atom is 0.488 e. The number of carbonyl (C=O) groups excluding carboxylic acids is 2. The third-order valence-electron chi connectivity index (χ3n) is 8.84. The zero-order valence-electron chi connectivity index (χ0n) is 25.4. The van der Waals surface area contributed by atoms with Gasteiger partial charge in [0.05, 0.1) is 23.3 Å². The second-order valence-corrected chi connectivity index (χ2v) is 13.5. The van der Waals surface area contributed by atoms with Crippen LogP contribution in [0, 0.1) is 11.8 Å². The van der Waals surface area contributed by atoms with Crippen molar-refractivity contribution >= 4 is 36.0 Å². The average Bonchev–Trinajstić information content (AvgIpc) is 3.39. The zero-order chi connectivity index (χ0) is 31.3. The van der Waals surface area contributed by atoms with Crippen LogP contribution in [0.5, 0.6) is 0 Å². The fraction of sp³-hybridized carbons (Fsp3) is 0.516. The number of fused-ring (bicyclic) bond motifs is 1. The number of piperazine rings is 1. The summed E-state index contributed by atoms with van der Waals surface area (Å²) < 4.78 is 1.64. The lowest BCUT2D eigenvalue weighted by Gasteiger charge is -2.47. The Morgan fingerprint density at radius 3 is 2.16 bits per heavy atom. The smallest absolute Gasteiger partial charge is 0.481 e. The first-order valence-electron chi connectivity index (χ1n) is 14.9.